The van der Waals surface area contributed by atoms with Crippen LogP contribution in [-0.4, -0.2) is 43.0 Å². The van der Waals surface area contributed by atoms with Crippen LogP contribution >= 0.6 is 23.2 Å². The molecule has 1 unspecified atom stereocenters. The van der Waals surface area contributed by atoms with E-state index in [1.165, 1.54) is 12.0 Å². The molecule has 1 atom stereocenters. The molecule has 8 heteroatoms. The van der Waals surface area contributed by atoms with Crippen molar-refractivity contribution in [3.63, 3.8) is 0 Å². The van der Waals surface area contributed by atoms with E-state index in [0.29, 0.717) is 40.1 Å². The Kier molecular flexibility index (Phi) is 9.82. The van der Waals surface area contributed by atoms with Crippen LogP contribution < -0.4 is 14.8 Å². The minimum Gasteiger partial charge on any atom is -0.493 e. The Balaban J connectivity index is 1.95. The van der Waals surface area contributed by atoms with Gasteiger partial charge in [-0.2, -0.15) is 0 Å². The standard InChI is InChI=1S/C27H28Cl2N2O4/c1-3-30-27(33)23(16-19-10-5-4-6-11-19)31(17-20-21(28)12-9-13-22(20)29)26(32)18-35-25-15-8-7-14-24(25)34-2/h4-15,23H,3,16-18H2,1-2H3,(H,30,33). The number of benzene rings is 3. The van der Waals surface area contributed by atoms with Crippen LogP contribution in [0.2, 0.25) is 10.0 Å². The number of hydrogen-bond acceptors (Lipinski definition) is 4. The number of rotatable bonds is 11. The van der Waals surface area contributed by atoms with Crippen molar-refractivity contribution in [3.8, 4) is 11.5 Å². The van der Waals surface area contributed by atoms with Crippen molar-refractivity contribution in [2.75, 3.05) is 20.3 Å². The van der Waals surface area contributed by atoms with Gasteiger partial charge in [0, 0.05) is 35.1 Å². The molecule has 0 aliphatic rings. The van der Waals surface area contributed by atoms with Crippen LogP contribution in [0.25, 0.3) is 0 Å². The van der Waals surface area contributed by atoms with Gasteiger partial charge in [-0.1, -0.05) is 71.7 Å². The average molecular weight is 515 g/mol. The zero-order valence-electron chi connectivity index (χ0n) is 19.7. The average Bonchev–Trinajstić information content (AvgIpc) is 2.87. The largest absolute Gasteiger partial charge is 0.493 e. The number of hydrogen-bond donors (Lipinski definition) is 1. The lowest BCUT2D eigenvalue weighted by molar-refractivity contribution is -0.142. The lowest BCUT2D eigenvalue weighted by Crippen LogP contribution is -2.51. The molecule has 0 aliphatic carbocycles. The van der Waals surface area contributed by atoms with E-state index in [2.05, 4.69) is 5.32 Å². The first-order chi connectivity index (χ1) is 16.9. The summed E-state index contributed by atoms with van der Waals surface area (Å²) in [4.78, 5) is 28.2. The fraction of sp³-hybridized carbons (Fsp3) is 0.259. The Morgan fingerprint density at radius 3 is 2.17 bits per heavy atom. The molecule has 0 spiro atoms. The van der Waals surface area contributed by atoms with Gasteiger partial charge < -0.3 is 19.7 Å². The second-order valence-electron chi connectivity index (χ2n) is 7.76. The maximum absolute atomic E-state index is 13.6. The summed E-state index contributed by atoms with van der Waals surface area (Å²) in [6.45, 7) is 2.00. The van der Waals surface area contributed by atoms with Crippen LogP contribution in [0.1, 0.15) is 18.1 Å². The summed E-state index contributed by atoms with van der Waals surface area (Å²) in [6.07, 6.45) is 0.315. The van der Waals surface area contributed by atoms with Gasteiger partial charge in [-0.05, 0) is 36.8 Å². The topological polar surface area (TPSA) is 67.9 Å². The molecule has 2 amide bonds. The highest BCUT2D eigenvalue weighted by atomic mass is 35.5. The second-order valence-corrected chi connectivity index (χ2v) is 8.58. The molecule has 3 aromatic carbocycles. The number of nitrogens with one attached hydrogen (secondary N) is 1. The molecule has 184 valence electrons. The molecule has 3 aromatic rings. The SMILES string of the molecule is CCNC(=O)C(Cc1ccccc1)N(Cc1c(Cl)cccc1Cl)C(=O)COc1ccccc1OC. The highest BCUT2D eigenvalue weighted by molar-refractivity contribution is 6.36. The summed E-state index contributed by atoms with van der Waals surface area (Å²) in [5.74, 6) is 0.270. The van der Waals surface area contributed by atoms with E-state index in [9.17, 15) is 9.59 Å². The molecular weight excluding hydrogens is 487 g/mol. The highest BCUT2D eigenvalue weighted by Crippen LogP contribution is 2.28. The molecule has 1 N–H and O–H groups in total. The molecule has 6 nitrogen and oxygen atoms in total. The first-order valence-electron chi connectivity index (χ1n) is 11.2. The Bertz CT molecular complexity index is 1120. The lowest BCUT2D eigenvalue weighted by atomic mass is 10.0. The van der Waals surface area contributed by atoms with Gasteiger partial charge in [0.2, 0.25) is 5.91 Å². The van der Waals surface area contributed by atoms with Crippen LogP contribution in [-0.2, 0) is 22.6 Å². The summed E-state index contributed by atoms with van der Waals surface area (Å²) in [5, 5.41) is 3.67. The summed E-state index contributed by atoms with van der Waals surface area (Å²) in [7, 11) is 1.53. The first kappa shape index (κ1) is 26.4. The van der Waals surface area contributed by atoms with E-state index in [0.717, 1.165) is 5.56 Å². The summed E-state index contributed by atoms with van der Waals surface area (Å²) < 4.78 is 11.1. The van der Waals surface area contributed by atoms with Crippen molar-refractivity contribution in [2.45, 2.75) is 25.9 Å². The predicted molar refractivity (Wildman–Crippen MR) is 138 cm³/mol. The Hall–Kier alpha value is -3.22. The molecule has 0 aliphatic heterocycles. The van der Waals surface area contributed by atoms with Gasteiger partial charge in [0.25, 0.3) is 5.91 Å². The Morgan fingerprint density at radius 2 is 1.54 bits per heavy atom. The molecule has 35 heavy (non-hydrogen) atoms. The normalized spacial score (nSPS) is 11.4. The zero-order valence-corrected chi connectivity index (χ0v) is 21.2. The quantitative estimate of drug-likeness (QED) is 0.383. The van der Waals surface area contributed by atoms with Crippen LogP contribution in [0, 0.1) is 0 Å². The zero-order chi connectivity index (χ0) is 25.2. The third-order valence-electron chi connectivity index (χ3n) is 5.43. The number of para-hydroxylation sites is 2. The number of amides is 2. The Labute approximate surface area is 215 Å². The van der Waals surface area contributed by atoms with Crippen LogP contribution in [0.15, 0.2) is 72.8 Å². The van der Waals surface area contributed by atoms with Gasteiger partial charge in [-0.25, -0.2) is 0 Å². The molecule has 0 aromatic heterocycles. The second kappa shape index (κ2) is 13.0. The van der Waals surface area contributed by atoms with E-state index in [4.69, 9.17) is 32.7 Å². The highest BCUT2D eigenvalue weighted by Gasteiger charge is 2.31. The molecule has 0 bridgehead atoms. The number of halogens is 2. The van der Waals surface area contributed by atoms with Gasteiger partial charge in [-0.3, -0.25) is 9.59 Å². The Morgan fingerprint density at radius 1 is 0.914 bits per heavy atom. The van der Waals surface area contributed by atoms with Gasteiger partial charge in [0.05, 0.1) is 7.11 Å². The summed E-state index contributed by atoms with van der Waals surface area (Å²) >= 11 is 12.9. The number of likely N-dealkylation sites (N-methyl/N-ethyl adjacent to an activating group) is 1. The van der Waals surface area contributed by atoms with Crippen molar-refractivity contribution in [3.05, 3.63) is 94.0 Å². The van der Waals surface area contributed by atoms with Gasteiger partial charge in [-0.15, -0.1) is 0 Å². The van der Waals surface area contributed by atoms with Crippen molar-refractivity contribution in [1.82, 2.24) is 10.2 Å². The van der Waals surface area contributed by atoms with E-state index in [1.807, 2.05) is 43.3 Å². The van der Waals surface area contributed by atoms with Gasteiger partial charge in [0.15, 0.2) is 18.1 Å². The van der Waals surface area contributed by atoms with Crippen LogP contribution in [0.3, 0.4) is 0 Å². The third-order valence-corrected chi connectivity index (χ3v) is 6.14. The van der Waals surface area contributed by atoms with Gasteiger partial charge >= 0.3 is 0 Å². The molecule has 0 heterocycles. The smallest absolute Gasteiger partial charge is 0.261 e. The fourth-order valence-corrected chi connectivity index (χ4v) is 4.18. The van der Waals surface area contributed by atoms with E-state index in [1.54, 1.807) is 36.4 Å². The van der Waals surface area contributed by atoms with Crippen molar-refractivity contribution in [2.24, 2.45) is 0 Å². The third kappa shape index (κ3) is 7.13. The monoisotopic (exact) mass is 514 g/mol. The van der Waals surface area contributed by atoms with Crippen LogP contribution in [0.5, 0.6) is 11.5 Å². The van der Waals surface area contributed by atoms with Crippen molar-refractivity contribution >= 4 is 35.0 Å². The van der Waals surface area contributed by atoms with Crippen molar-refractivity contribution in [1.29, 1.82) is 0 Å². The maximum Gasteiger partial charge on any atom is 0.261 e. The molecule has 0 radical (unpaired) electrons. The lowest BCUT2D eigenvalue weighted by Gasteiger charge is -2.32. The minimum atomic E-state index is -0.807. The fourth-order valence-electron chi connectivity index (χ4n) is 3.66. The molecule has 0 saturated carbocycles. The minimum absolute atomic E-state index is 0.0429. The molecule has 3 rings (SSSR count). The number of ether oxygens (including phenoxy) is 2. The molecular formula is C27H28Cl2N2O4. The first-order valence-corrected chi connectivity index (χ1v) is 12.0. The predicted octanol–water partition coefficient (Wildman–Crippen LogP) is 5.16. The molecule has 0 fully saturated rings. The summed E-state index contributed by atoms with van der Waals surface area (Å²) in [6, 6.07) is 20.9. The maximum atomic E-state index is 13.6. The van der Waals surface area contributed by atoms with E-state index in [-0.39, 0.29) is 25.0 Å². The number of carbonyl (C=O) groups is 2. The van der Waals surface area contributed by atoms with Gasteiger partial charge in [0.1, 0.15) is 6.04 Å². The number of carbonyl (C=O) groups excluding carboxylic acids is 2. The molecule has 0 saturated heterocycles. The van der Waals surface area contributed by atoms with E-state index < -0.39 is 6.04 Å². The van der Waals surface area contributed by atoms with Crippen molar-refractivity contribution < 1.29 is 19.1 Å². The number of methoxy groups -OCH3 is 1. The van der Waals surface area contributed by atoms with E-state index >= 15 is 0 Å². The van der Waals surface area contributed by atoms with Crippen LogP contribution in [0.4, 0.5) is 0 Å². The summed E-state index contributed by atoms with van der Waals surface area (Å²) in [5.41, 5.74) is 1.47. The number of nitrogens with zero attached hydrogens (tertiary/aromatic N) is 1.